The zero-order valence-corrected chi connectivity index (χ0v) is 10.4. The summed E-state index contributed by atoms with van der Waals surface area (Å²) in [5.41, 5.74) is 2.50. The van der Waals surface area contributed by atoms with Gasteiger partial charge in [0.2, 0.25) is 0 Å². The summed E-state index contributed by atoms with van der Waals surface area (Å²) in [6.45, 7) is 10.1. The van der Waals surface area contributed by atoms with E-state index < -0.39 is 0 Å². The molecule has 2 heteroatoms. The highest BCUT2D eigenvalue weighted by Crippen LogP contribution is 2.04. The van der Waals surface area contributed by atoms with Crippen molar-refractivity contribution >= 4 is 6.08 Å². The molecule has 2 nitrogen and oxygen atoms in total. The molecule has 0 fully saturated rings. The minimum Gasteiger partial charge on any atom is -0.311 e. The van der Waals surface area contributed by atoms with E-state index in [4.69, 9.17) is 0 Å². The highest BCUT2D eigenvalue weighted by atomic mass is 15.1. The van der Waals surface area contributed by atoms with Crippen molar-refractivity contribution in [1.29, 1.82) is 0 Å². The van der Waals surface area contributed by atoms with Crippen molar-refractivity contribution < 1.29 is 0 Å². The fourth-order valence-corrected chi connectivity index (χ4v) is 1.43. The van der Waals surface area contributed by atoms with Gasteiger partial charge in [-0.25, -0.2) is 0 Å². The summed E-state index contributed by atoms with van der Waals surface area (Å²) >= 11 is 0. The molecule has 0 saturated heterocycles. The summed E-state index contributed by atoms with van der Waals surface area (Å²) in [4.78, 5) is 2.30. The molecule has 0 bridgehead atoms. The molecule has 0 atom stereocenters. The summed E-state index contributed by atoms with van der Waals surface area (Å²) in [6.07, 6.45) is 1.87. The maximum atomic E-state index is 3.74. The summed E-state index contributed by atoms with van der Waals surface area (Å²) in [5, 5.41) is 3.44. The number of hydrogen-bond donors (Lipinski definition) is 1. The third kappa shape index (κ3) is 4.60. The van der Waals surface area contributed by atoms with Crippen LogP contribution in [-0.4, -0.2) is 31.6 Å². The second-order valence-electron chi connectivity index (χ2n) is 4.02. The molecule has 1 N–H and O–H groups in total. The molecule has 0 heterocycles. The van der Waals surface area contributed by atoms with E-state index in [1.165, 1.54) is 11.1 Å². The van der Waals surface area contributed by atoms with Gasteiger partial charge in [0, 0.05) is 19.6 Å². The van der Waals surface area contributed by atoms with Crippen molar-refractivity contribution in [2.24, 2.45) is 0 Å². The van der Waals surface area contributed by atoms with Crippen LogP contribution in [0.25, 0.3) is 6.08 Å². The van der Waals surface area contributed by atoms with Crippen LogP contribution in [0.2, 0.25) is 0 Å². The standard InChI is InChI=1S/C14H22N2/c1-4-13-6-8-14(9-7-13)12-15-10-11-16(3)5-2/h4,6-9,15H,1,5,10-12H2,2-3H3. The molecule has 1 aromatic carbocycles. The molecular weight excluding hydrogens is 196 g/mol. The molecule has 0 spiro atoms. The molecule has 0 amide bonds. The number of nitrogens with zero attached hydrogens (tertiary/aromatic N) is 1. The zero-order chi connectivity index (χ0) is 11.8. The van der Waals surface area contributed by atoms with E-state index in [1.807, 2.05) is 6.08 Å². The fourth-order valence-electron chi connectivity index (χ4n) is 1.43. The lowest BCUT2D eigenvalue weighted by atomic mass is 10.1. The first-order valence-electron chi connectivity index (χ1n) is 5.87. The monoisotopic (exact) mass is 218 g/mol. The van der Waals surface area contributed by atoms with E-state index in [9.17, 15) is 0 Å². The number of benzene rings is 1. The minimum absolute atomic E-state index is 0.939. The maximum absolute atomic E-state index is 3.74. The van der Waals surface area contributed by atoms with Crippen LogP contribution in [0.1, 0.15) is 18.1 Å². The summed E-state index contributed by atoms with van der Waals surface area (Å²) < 4.78 is 0. The first kappa shape index (κ1) is 12.9. The highest BCUT2D eigenvalue weighted by molar-refractivity contribution is 5.47. The van der Waals surface area contributed by atoms with Gasteiger partial charge in [-0.15, -0.1) is 0 Å². The van der Waals surface area contributed by atoms with Gasteiger partial charge in [0.05, 0.1) is 0 Å². The maximum Gasteiger partial charge on any atom is 0.0206 e. The molecule has 0 aliphatic carbocycles. The first-order chi connectivity index (χ1) is 7.76. The molecule has 0 aliphatic rings. The Labute approximate surface area is 99.0 Å². The first-order valence-corrected chi connectivity index (χ1v) is 5.87. The largest absolute Gasteiger partial charge is 0.311 e. The third-order valence-corrected chi connectivity index (χ3v) is 2.75. The number of nitrogens with one attached hydrogen (secondary N) is 1. The lowest BCUT2D eigenvalue weighted by molar-refractivity contribution is 0.349. The summed E-state index contributed by atoms with van der Waals surface area (Å²) in [6, 6.07) is 8.49. The van der Waals surface area contributed by atoms with Crippen LogP contribution < -0.4 is 5.32 Å². The molecule has 0 unspecified atom stereocenters. The Hall–Kier alpha value is -1.12. The van der Waals surface area contributed by atoms with Gasteiger partial charge >= 0.3 is 0 Å². The van der Waals surface area contributed by atoms with Crippen LogP contribution in [-0.2, 0) is 6.54 Å². The van der Waals surface area contributed by atoms with E-state index in [0.717, 1.165) is 26.2 Å². The third-order valence-electron chi connectivity index (χ3n) is 2.75. The zero-order valence-electron chi connectivity index (χ0n) is 10.4. The Morgan fingerprint density at radius 2 is 2.00 bits per heavy atom. The van der Waals surface area contributed by atoms with Gasteiger partial charge in [-0.05, 0) is 24.7 Å². The molecule has 0 radical (unpaired) electrons. The molecular formula is C14H22N2. The van der Waals surface area contributed by atoms with Crippen molar-refractivity contribution in [3.05, 3.63) is 42.0 Å². The van der Waals surface area contributed by atoms with Crippen LogP contribution >= 0.6 is 0 Å². The lowest BCUT2D eigenvalue weighted by Gasteiger charge is -2.13. The molecule has 16 heavy (non-hydrogen) atoms. The number of rotatable bonds is 7. The summed E-state index contributed by atoms with van der Waals surface area (Å²) in [5.74, 6) is 0. The van der Waals surface area contributed by atoms with Crippen molar-refractivity contribution in [1.82, 2.24) is 10.2 Å². The van der Waals surface area contributed by atoms with Crippen molar-refractivity contribution in [3.63, 3.8) is 0 Å². The molecule has 0 aromatic heterocycles. The van der Waals surface area contributed by atoms with Crippen LogP contribution in [0.15, 0.2) is 30.8 Å². The Morgan fingerprint density at radius 1 is 1.31 bits per heavy atom. The van der Waals surface area contributed by atoms with Gasteiger partial charge in [0.1, 0.15) is 0 Å². The Kier molecular flexibility index (Phi) is 5.83. The molecule has 1 rings (SSSR count). The Balaban J connectivity index is 2.24. The summed E-state index contributed by atoms with van der Waals surface area (Å²) in [7, 11) is 2.14. The normalized spacial score (nSPS) is 10.7. The van der Waals surface area contributed by atoms with E-state index in [-0.39, 0.29) is 0 Å². The van der Waals surface area contributed by atoms with E-state index >= 15 is 0 Å². The highest BCUT2D eigenvalue weighted by Gasteiger charge is 1.95. The van der Waals surface area contributed by atoms with Gasteiger partial charge in [-0.3, -0.25) is 0 Å². The van der Waals surface area contributed by atoms with Gasteiger partial charge in [0.15, 0.2) is 0 Å². The van der Waals surface area contributed by atoms with Crippen LogP contribution in [0.4, 0.5) is 0 Å². The predicted octanol–water partition coefficient (Wildman–Crippen LogP) is 2.37. The SMILES string of the molecule is C=Cc1ccc(CNCCN(C)CC)cc1. The van der Waals surface area contributed by atoms with E-state index in [0.29, 0.717) is 0 Å². The average molecular weight is 218 g/mol. The van der Waals surface area contributed by atoms with Crippen molar-refractivity contribution in [3.8, 4) is 0 Å². The smallest absolute Gasteiger partial charge is 0.0206 e. The second kappa shape index (κ2) is 7.20. The lowest BCUT2D eigenvalue weighted by Crippen LogP contribution is -2.28. The fraction of sp³-hybridized carbons (Fsp3) is 0.429. The quantitative estimate of drug-likeness (QED) is 0.707. The van der Waals surface area contributed by atoms with Gasteiger partial charge in [0.25, 0.3) is 0 Å². The molecule has 0 saturated carbocycles. The van der Waals surface area contributed by atoms with Crippen LogP contribution in [0.5, 0.6) is 0 Å². The van der Waals surface area contributed by atoms with Crippen LogP contribution in [0, 0.1) is 0 Å². The number of likely N-dealkylation sites (N-methyl/N-ethyl adjacent to an activating group) is 1. The van der Waals surface area contributed by atoms with Gasteiger partial charge in [-0.1, -0.05) is 43.8 Å². The predicted molar refractivity (Wildman–Crippen MR) is 71.4 cm³/mol. The van der Waals surface area contributed by atoms with Crippen molar-refractivity contribution in [2.45, 2.75) is 13.5 Å². The van der Waals surface area contributed by atoms with Crippen molar-refractivity contribution in [2.75, 3.05) is 26.7 Å². The van der Waals surface area contributed by atoms with Crippen LogP contribution in [0.3, 0.4) is 0 Å². The number of hydrogen-bond acceptors (Lipinski definition) is 2. The minimum atomic E-state index is 0.939. The topological polar surface area (TPSA) is 15.3 Å². The molecule has 1 aromatic rings. The Bertz CT molecular complexity index is 303. The van der Waals surface area contributed by atoms with E-state index in [2.05, 4.69) is 55.0 Å². The second-order valence-corrected chi connectivity index (χ2v) is 4.02. The Morgan fingerprint density at radius 3 is 2.56 bits per heavy atom. The van der Waals surface area contributed by atoms with Gasteiger partial charge in [-0.2, -0.15) is 0 Å². The molecule has 88 valence electrons. The van der Waals surface area contributed by atoms with Gasteiger partial charge < -0.3 is 10.2 Å². The molecule has 0 aliphatic heterocycles. The average Bonchev–Trinajstić information content (AvgIpc) is 2.35. The van der Waals surface area contributed by atoms with E-state index in [1.54, 1.807) is 0 Å².